The highest BCUT2D eigenvalue weighted by Crippen LogP contribution is 2.32. The molecule has 142 valence electrons. The Morgan fingerprint density at radius 3 is 2.96 bits per heavy atom. The van der Waals surface area contributed by atoms with Crippen LogP contribution in [0, 0.1) is 0 Å². The van der Waals surface area contributed by atoms with Gasteiger partial charge in [-0.1, -0.05) is 12.1 Å². The summed E-state index contributed by atoms with van der Waals surface area (Å²) in [7, 11) is 2.12. The predicted octanol–water partition coefficient (Wildman–Crippen LogP) is 2.14. The number of likely N-dealkylation sites (N-methyl/N-ethyl adjacent to an activating group) is 1. The van der Waals surface area contributed by atoms with Crippen LogP contribution >= 0.6 is 11.3 Å². The van der Waals surface area contributed by atoms with Crippen molar-refractivity contribution in [2.75, 3.05) is 39.8 Å². The Hall–Kier alpha value is -1.86. The van der Waals surface area contributed by atoms with Crippen LogP contribution in [0.3, 0.4) is 0 Å². The van der Waals surface area contributed by atoms with E-state index in [2.05, 4.69) is 23.8 Å². The fourth-order valence-corrected chi connectivity index (χ4v) is 4.55. The van der Waals surface area contributed by atoms with Crippen LogP contribution in [-0.4, -0.2) is 71.9 Å². The van der Waals surface area contributed by atoms with Crippen LogP contribution in [0.5, 0.6) is 0 Å². The summed E-state index contributed by atoms with van der Waals surface area (Å²) in [4.78, 5) is 32.3. The van der Waals surface area contributed by atoms with E-state index >= 15 is 0 Å². The lowest BCUT2D eigenvalue weighted by atomic mass is 9.86. The number of thiophene rings is 1. The first-order valence-corrected chi connectivity index (χ1v) is 10.1. The van der Waals surface area contributed by atoms with E-state index in [4.69, 9.17) is 0 Å². The minimum absolute atomic E-state index is 0.00982. The molecular weight excluding hydrogens is 348 g/mol. The van der Waals surface area contributed by atoms with Crippen molar-refractivity contribution in [2.24, 2.45) is 0 Å². The zero-order valence-corrected chi connectivity index (χ0v) is 16.3. The van der Waals surface area contributed by atoms with Gasteiger partial charge in [0.1, 0.15) is 0 Å². The third-order valence-corrected chi connectivity index (χ3v) is 6.51. The quantitative estimate of drug-likeness (QED) is 0.819. The highest BCUT2D eigenvalue weighted by atomic mass is 32.1. The number of piperazine rings is 1. The van der Waals surface area contributed by atoms with Gasteiger partial charge in [0.25, 0.3) is 0 Å². The first kappa shape index (κ1) is 18.9. The van der Waals surface area contributed by atoms with Gasteiger partial charge in [-0.15, -0.1) is 17.9 Å². The standard InChI is InChI=1S/C19H28N4O2S/c1-3-9-22-10-8-19(7-6-17(22)24)15-23(12-11-21(19)2)18(25)20-14-16-5-4-13-26-16/h3-5,13H,1,6-12,14-15H2,2H3,(H,20,25)/t19-/m1/s1. The molecule has 1 aromatic rings. The number of nitrogens with zero attached hydrogens (tertiary/aromatic N) is 3. The minimum atomic E-state index is -0.121. The SMILES string of the molecule is C=CCN1CC[C@]2(CCC1=O)CN(C(=O)NCc1cccs1)CCN2C. The molecule has 0 saturated carbocycles. The Bertz CT molecular complexity index is 648. The molecule has 0 radical (unpaired) electrons. The van der Waals surface area contributed by atoms with E-state index in [9.17, 15) is 9.59 Å². The van der Waals surface area contributed by atoms with E-state index < -0.39 is 0 Å². The van der Waals surface area contributed by atoms with Gasteiger partial charge in [0.2, 0.25) is 5.91 Å². The van der Waals surface area contributed by atoms with Crippen molar-refractivity contribution >= 4 is 23.3 Å². The summed E-state index contributed by atoms with van der Waals surface area (Å²) in [5, 5.41) is 5.05. The first-order chi connectivity index (χ1) is 12.5. The lowest BCUT2D eigenvalue weighted by Crippen LogP contribution is -2.63. The second-order valence-electron chi connectivity index (χ2n) is 7.18. The third kappa shape index (κ3) is 4.10. The summed E-state index contributed by atoms with van der Waals surface area (Å²) in [5.74, 6) is 0.189. The number of carbonyl (C=O) groups is 2. The van der Waals surface area contributed by atoms with Crippen molar-refractivity contribution in [1.82, 2.24) is 20.0 Å². The Morgan fingerprint density at radius 1 is 1.38 bits per heavy atom. The maximum atomic E-state index is 12.7. The minimum Gasteiger partial charge on any atom is -0.339 e. The van der Waals surface area contributed by atoms with Crippen LogP contribution in [0.15, 0.2) is 30.2 Å². The lowest BCUT2D eigenvalue weighted by Gasteiger charge is -2.49. The second kappa shape index (κ2) is 8.22. The van der Waals surface area contributed by atoms with Gasteiger partial charge in [0.05, 0.1) is 6.54 Å². The number of likely N-dealkylation sites (tertiary alicyclic amines) is 1. The fraction of sp³-hybridized carbons (Fsp3) is 0.579. The normalized spacial score (nSPS) is 24.6. The summed E-state index contributed by atoms with van der Waals surface area (Å²) in [6.45, 7) is 7.88. The smallest absolute Gasteiger partial charge is 0.317 e. The van der Waals surface area contributed by atoms with Gasteiger partial charge in [-0.3, -0.25) is 9.69 Å². The molecule has 3 amide bonds. The molecule has 0 bridgehead atoms. The van der Waals surface area contributed by atoms with Gasteiger partial charge in [0, 0.05) is 49.6 Å². The molecule has 6 nitrogen and oxygen atoms in total. The van der Waals surface area contributed by atoms with E-state index in [1.165, 1.54) is 0 Å². The summed E-state index contributed by atoms with van der Waals surface area (Å²) in [6.07, 6.45) is 4.00. The monoisotopic (exact) mass is 376 g/mol. The Kier molecular flexibility index (Phi) is 5.98. The summed E-state index contributed by atoms with van der Waals surface area (Å²) in [6, 6.07) is 4.01. The van der Waals surface area contributed by atoms with E-state index in [0.29, 0.717) is 26.1 Å². The van der Waals surface area contributed by atoms with Crippen LogP contribution in [0.25, 0.3) is 0 Å². The molecule has 2 aliphatic heterocycles. The van der Waals surface area contributed by atoms with E-state index in [0.717, 1.165) is 37.4 Å². The molecule has 1 aromatic heterocycles. The maximum absolute atomic E-state index is 12.7. The van der Waals surface area contributed by atoms with Crippen molar-refractivity contribution in [3.05, 3.63) is 35.0 Å². The molecule has 2 fully saturated rings. The Balaban J connectivity index is 1.64. The number of rotatable bonds is 4. The topological polar surface area (TPSA) is 55.9 Å². The van der Waals surface area contributed by atoms with Crippen LogP contribution in [-0.2, 0) is 11.3 Å². The van der Waals surface area contributed by atoms with Crippen molar-refractivity contribution < 1.29 is 9.59 Å². The molecule has 0 unspecified atom stereocenters. The maximum Gasteiger partial charge on any atom is 0.317 e. The molecule has 1 N–H and O–H groups in total. The summed E-state index contributed by atoms with van der Waals surface area (Å²) >= 11 is 1.65. The second-order valence-corrected chi connectivity index (χ2v) is 8.22. The van der Waals surface area contributed by atoms with Gasteiger partial charge in [0.15, 0.2) is 0 Å². The third-order valence-electron chi connectivity index (χ3n) is 5.63. The van der Waals surface area contributed by atoms with Gasteiger partial charge >= 0.3 is 6.03 Å². The average Bonchev–Trinajstić information content (AvgIpc) is 3.11. The van der Waals surface area contributed by atoms with Crippen LogP contribution in [0.1, 0.15) is 24.1 Å². The number of nitrogens with one attached hydrogen (secondary N) is 1. The molecule has 26 heavy (non-hydrogen) atoms. The van der Waals surface area contributed by atoms with E-state index in [1.54, 1.807) is 17.4 Å². The highest BCUT2D eigenvalue weighted by Gasteiger charge is 2.43. The van der Waals surface area contributed by atoms with Crippen molar-refractivity contribution in [1.29, 1.82) is 0 Å². The first-order valence-electron chi connectivity index (χ1n) is 9.19. The molecule has 1 spiro atoms. The summed E-state index contributed by atoms with van der Waals surface area (Å²) < 4.78 is 0. The average molecular weight is 377 g/mol. The van der Waals surface area contributed by atoms with Gasteiger partial charge in [-0.25, -0.2) is 4.79 Å². The largest absolute Gasteiger partial charge is 0.339 e. The molecule has 0 aliphatic carbocycles. The van der Waals surface area contributed by atoms with Crippen LogP contribution in [0.2, 0.25) is 0 Å². The number of hydrogen-bond acceptors (Lipinski definition) is 4. The zero-order chi connectivity index (χ0) is 18.6. The van der Waals surface area contributed by atoms with Gasteiger partial charge in [-0.2, -0.15) is 0 Å². The molecule has 1 atom stereocenters. The molecule has 2 aliphatic rings. The van der Waals surface area contributed by atoms with Crippen molar-refractivity contribution in [3.8, 4) is 0 Å². The van der Waals surface area contributed by atoms with Crippen molar-refractivity contribution in [3.63, 3.8) is 0 Å². The zero-order valence-electron chi connectivity index (χ0n) is 15.4. The van der Waals surface area contributed by atoms with Crippen molar-refractivity contribution in [2.45, 2.75) is 31.3 Å². The van der Waals surface area contributed by atoms with Crippen LogP contribution in [0.4, 0.5) is 4.79 Å². The molecule has 7 heteroatoms. The van der Waals surface area contributed by atoms with Gasteiger partial charge < -0.3 is 15.1 Å². The number of amides is 3. The molecule has 3 heterocycles. The molecular formula is C19H28N4O2S. The Labute approximate surface area is 159 Å². The highest BCUT2D eigenvalue weighted by molar-refractivity contribution is 7.09. The summed E-state index contributed by atoms with van der Waals surface area (Å²) in [5.41, 5.74) is -0.121. The number of urea groups is 1. The lowest BCUT2D eigenvalue weighted by molar-refractivity contribution is -0.130. The van der Waals surface area contributed by atoms with Gasteiger partial charge in [-0.05, 0) is 31.3 Å². The predicted molar refractivity (Wildman–Crippen MR) is 104 cm³/mol. The molecule has 0 aromatic carbocycles. The van der Waals surface area contributed by atoms with E-state index in [1.807, 2.05) is 27.3 Å². The Morgan fingerprint density at radius 2 is 2.23 bits per heavy atom. The molecule has 2 saturated heterocycles. The number of hydrogen-bond donors (Lipinski definition) is 1. The van der Waals surface area contributed by atoms with Crippen LogP contribution < -0.4 is 5.32 Å². The fourth-order valence-electron chi connectivity index (χ4n) is 3.90. The van der Waals surface area contributed by atoms with E-state index in [-0.39, 0.29) is 17.5 Å². The number of carbonyl (C=O) groups excluding carboxylic acids is 2. The molecule has 3 rings (SSSR count).